The van der Waals surface area contributed by atoms with E-state index in [9.17, 15) is 4.79 Å². The van der Waals surface area contributed by atoms with Crippen LogP contribution in [0.25, 0.3) is 0 Å². The van der Waals surface area contributed by atoms with Crippen LogP contribution < -0.4 is 5.32 Å². The molecule has 0 unspecified atom stereocenters. The topological polar surface area (TPSA) is 29.1 Å². The van der Waals surface area contributed by atoms with Gasteiger partial charge in [-0.05, 0) is 48.8 Å². The molecular formula is C17H19Cl2NO. The molecule has 112 valence electrons. The number of amides is 1. The number of halogens is 2. The van der Waals surface area contributed by atoms with Crippen LogP contribution in [0.1, 0.15) is 33.1 Å². The Labute approximate surface area is 135 Å². The zero-order valence-electron chi connectivity index (χ0n) is 12.3. The molecule has 1 amide bonds. The molecule has 1 aromatic rings. The highest BCUT2D eigenvalue weighted by Crippen LogP contribution is 2.65. The van der Waals surface area contributed by atoms with Crippen molar-refractivity contribution in [2.75, 3.05) is 5.32 Å². The zero-order chi connectivity index (χ0) is 15.4. The van der Waals surface area contributed by atoms with E-state index in [0.717, 1.165) is 24.8 Å². The Morgan fingerprint density at radius 3 is 2.67 bits per heavy atom. The Kier molecular flexibility index (Phi) is 3.38. The fourth-order valence-corrected chi connectivity index (χ4v) is 4.43. The molecule has 0 radical (unpaired) electrons. The quantitative estimate of drug-likeness (QED) is 0.734. The number of fused-ring (bicyclic) bond motifs is 2. The number of hydrogen-bond acceptors (Lipinski definition) is 1. The molecular weight excluding hydrogens is 305 g/mol. The minimum absolute atomic E-state index is 0.0183. The highest BCUT2D eigenvalue weighted by molar-refractivity contribution is 6.36. The van der Waals surface area contributed by atoms with E-state index in [1.54, 1.807) is 18.2 Å². The van der Waals surface area contributed by atoms with E-state index >= 15 is 0 Å². The van der Waals surface area contributed by atoms with Crippen LogP contribution in [0.4, 0.5) is 5.69 Å². The number of carbonyl (C=O) groups excluding carboxylic acids is 1. The monoisotopic (exact) mass is 323 g/mol. The lowest BCUT2D eigenvalue weighted by Gasteiger charge is -2.37. The van der Waals surface area contributed by atoms with Gasteiger partial charge in [0.2, 0.25) is 5.91 Å². The van der Waals surface area contributed by atoms with E-state index < -0.39 is 5.41 Å². The number of nitrogens with one attached hydrogen (secondary N) is 1. The number of hydrogen-bond donors (Lipinski definition) is 1. The first-order chi connectivity index (χ1) is 9.77. The van der Waals surface area contributed by atoms with Gasteiger partial charge in [-0.1, -0.05) is 49.2 Å². The number of rotatable bonds is 2. The Hall–Kier alpha value is -0.990. The zero-order valence-corrected chi connectivity index (χ0v) is 13.8. The van der Waals surface area contributed by atoms with Crippen molar-refractivity contribution in [2.24, 2.45) is 16.7 Å². The van der Waals surface area contributed by atoms with Crippen molar-refractivity contribution < 1.29 is 4.79 Å². The predicted octanol–water partition coefficient (Wildman–Crippen LogP) is 5.31. The second-order valence-electron chi connectivity index (χ2n) is 6.80. The average molecular weight is 324 g/mol. The van der Waals surface area contributed by atoms with Gasteiger partial charge in [0.05, 0.1) is 16.1 Å². The molecule has 0 saturated heterocycles. The van der Waals surface area contributed by atoms with E-state index in [4.69, 9.17) is 23.2 Å². The van der Waals surface area contributed by atoms with Crippen molar-refractivity contribution >= 4 is 34.8 Å². The van der Waals surface area contributed by atoms with Crippen LogP contribution in [0, 0.1) is 16.7 Å². The molecule has 0 heterocycles. The molecule has 0 aliphatic heterocycles. The molecule has 4 heteroatoms. The van der Waals surface area contributed by atoms with Crippen LogP contribution in [-0.4, -0.2) is 5.91 Å². The minimum Gasteiger partial charge on any atom is -0.324 e. The summed E-state index contributed by atoms with van der Waals surface area (Å²) < 4.78 is 0. The van der Waals surface area contributed by atoms with Crippen molar-refractivity contribution in [1.29, 1.82) is 0 Å². The van der Waals surface area contributed by atoms with E-state index in [2.05, 4.69) is 25.7 Å². The molecule has 3 rings (SSSR count). The molecule has 21 heavy (non-hydrogen) atoms. The third-order valence-corrected chi connectivity index (χ3v) is 6.05. The van der Waals surface area contributed by atoms with Gasteiger partial charge in [0.25, 0.3) is 0 Å². The fourth-order valence-electron chi connectivity index (χ4n) is 3.97. The van der Waals surface area contributed by atoms with E-state index in [1.165, 1.54) is 0 Å². The largest absolute Gasteiger partial charge is 0.324 e. The molecule has 1 aromatic carbocycles. The standard InChI is InChI=1S/C17H19Cl2NO/c1-10-16(2,3)11-6-7-17(10,9-11)15(21)20-14-5-4-12(18)8-13(14)19/h4-5,8,11H,1,6-7,9H2,2-3H3,(H,20,21)/t11-,17+/m0/s1. The lowest BCUT2D eigenvalue weighted by Crippen LogP contribution is -2.37. The highest BCUT2D eigenvalue weighted by Gasteiger charge is 2.60. The first-order valence-electron chi connectivity index (χ1n) is 7.24. The summed E-state index contributed by atoms with van der Waals surface area (Å²) in [7, 11) is 0. The molecule has 2 aliphatic rings. The van der Waals surface area contributed by atoms with Crippen LogP contribution in [0.3, 0.4) is 0 Å². The maximum atomic E-state index is 12.9. The summed E-state index contributed by atoms with van der Waals surface area (Å²) in [5, 5.41) is 4.00. The Balaban J connectivity index is 1.88. The van der Waals surface area contributed by atoms with Gasteiger partial charge in [-0.2, -0.15) is 0 Å². The lowest BCUT2D eigenvalue weighted by molar-refractivity contribution is -0.123. The summed E-state index contributed by atoms with van der Waals surface area (Å²) in [6.07, 6.45) is 2.88. The summed E-state index contributed by atoms with van der Waals surface area (Å²) >= 11 is 12.0. The third kappa shape index (κ3) is 2.11. The van der Waals surface area contributed by atoms with Crippen molar-refractivity contribution in [2.45, 2.75) is 33.1 Å². The number of anilines is 1. The van der Waals surface area contributed by atoms with Gasteiger partial charge in [-0.15, -0.1) is 0 Å². The second-order valence-corrected chi connectivity index (χ2v) is 7.64. The highest BCUT2D eigenvalue weighted by atomic mass is 35.5. The third-order valence-electron chi connectivity index (χ3n) is 5.50. The van der Waals surface area contributed by atoms with Crippen molar-refractivity contribution in [3.63, 3.8) is 0 Å². The molecule has 2 aliphatic carbocycles. The molecule has 0 aromatic heterocycles. The van der Waals surface area contributed by atoms with Crippen LogP contribution in [0.2, 0.25) is 10.0 Å². The summed E-state index contributed by atoms with van der Waals surface area (Å²) in [5.74, 6) is 0.571. The van der Waals surface area contributed by atoms with Crippen LogP contribution in [-0.2, 0) is 4.79 Å². The van der Waals surface area contributed by atoms with Gasteiger partial charge in [0, 0.05) is 5.02 Å². The second kappa shape index (κ2) is 4.76. The Morgan fingerprint density at radius 2 is 2.10 bits per heavy atom. The molecule has 2 bridgehead atoms. The Bertz CT molecular complexity index is 638. The van der Waals surface area contributed by atoms with E-state index in [1.807, 2.05) is 0 Å². The van der Waals surface area contributed by atoms with E-state index in [-0.39, 0.29) is 11.3 Å². The van der Waals surface area contributed by atoms with Crippen LogP contribution >= 0.6 is 23.2 Å². The number of benzene rings is 1. The number of carbonyl (C=O) groups is 1. The first-order valence-corrected chi connectivity index (χ1v) is 7.99. The normalized spacial score (nSPS) is 29.7. The molecule has 2 nitrogen and oxygen atoms in total. The van der Waals surface area contributed by atoms with Crippen molar-refractivity contribution in [3.05, 3.63) is 40.4 Å². The molecule has 2 saturated carbocycles. The molecule has 0 spiro atoms. The molecule has 2 atom stereocenters. The molecule has 2 fully saturated rings. The van der Waals surface area contributed by atoms with Gasteiger partial charge in [0.1, 0.15) is 0 Å². The predicted molar refractivity (Wildman–Crippen MR) is 87.8 cm³/mol. The summed E-state index contributed by atoms with van der Waals surface area (Å²) in [5.41, 5.74) is 1.28. The van der Waals surface area contributed by atoms with E-state index in [0.29, 0.717) is 21.7 Å². The Morgan fingerprint density at radius 1 is 1.38 bits per heavy atom. The first kappa shape index (κ1) is 14.9. The van der Waals surface area contributed by atoms with Gasteiger partial charge in [-0.3, -0.25) is 4.79 Å². The SMILES string of the molecule is C=C1C(C)(C)[C@H]2CC[C@@]1(C(=O)Nc1ccc(Cl)cc1Cl)C2. The van der Waals surface area contributed by atoms with Gasteiger partial charge in [-0.25, -0.2) is 0 Å². The maximum Gasteiger partial charge on any atom is 0.234 e. The van der Waals surface area contributed by atoms with Crippen molar-refractivity contribution in [1.82, 2.24) is 0 Å². The average Bonchev–Trinajstić information content (AvgIpc) is 2.93. The van der Waals surface area contributed by atoms with Crippen molar-refractivity contribution in [3.8, 4) is 0 Å². The lowest BCUT2D eigenvalue weighted by atomic mass is 9.68. The smallest absolute Gasteiger partial charge is 0.234 e. The molecule has 1 N–H and O–H groups in total. The van der Waals surface area contributed by atoms with Gasteiger partial charge in [0.15, 0.2) is 0 Å². The summed E-state index contributed by atoms with van der Waals surface area (Å²) in [6, 6.07) is 5.11. The fraction of sp³-hybridized carbons (Fsp3) is 0.471. The maximum absolute atomic E-state index is 12.9. The van der Waals surface area contributed by atoms with Gasteiger partial charge >= 0.3 is 0 Å². The summed E-state index contributed by atoms with van der Waals surface area (Å²) in [6.45, 7) is 8.64. The van der Waals surface area contributed by atoms with Crippen LogP contribution in [0.15, 0.2) is 30.4 Å². The summed E-state index contributed by atoms with van der Waals surface area (Å²) in [4.78, 5) is 12.9. The van der Waals surface area contributed by atoms with Crippen LogP contribution in [0.5, 0.6) is 0 Å². The van der Waals surface area contributed by atoms with Gasteiger partial charge < -0.3 is 5.32 Å². The minimum atomic E-state index is -0.433.